The lowest BCUT2D eigenvalue weighted by Gasteiger charge is -2.05. The van der Waals surface area contributed by atoms with Crippen LogP contribution in [0.15, 0.2) is 36.7 Å². The van der Waals surface area contributed by atoms with Gasteiger partial charge in [-0.1, -0.05) is 0 Å². The van der Waals surface area contributed by atoms with Gasteiger partial charge in [0.2, 0.25) is 5.88 Å². The van der Waals surface area contributed by atoms with Crippen molar-refractivity contribution in [1.29, 1.82) is 0 Å². The summed E-state index contributed by atoms with van der Waals surface area (Å²) >= 11 is 0. The zero-order chi connectivity index (χ0) is 13.0. The van der Waals surface area contributed by atoms with Crippen LogP contribution in [0.4, 0.5) is 11.4 Å². The fraction of sp³-hybridized carbons (Fsp3) is 0.0833. The lowest BCUT2D eigenvalue weighted by atomic mass is 10.3. The molecule has 2 aromatic heterocycles. The third-order valence-corrected chi connectivity index (χ3v) is 2.22. The lowest BCUT2D eigenvalue weighted by Crippen LogP contribution is -2.13. The van der Waals surface area contributed by atoms with Crippen molar-refractivity contribution in [2.75, 3.05) is 18.2 Å². The number of methoxy groups -OCH3 is 1. The van der Waals surface area contributed by atoms with Crippen LogP contribution in [-0.4, -0.2) is 23.0 Å². The number of anilines is 2. The molecular formula is C12H12N4O2. The van der Waals surface area contributed by atoms with Gasteiger partial charge in [0.05, 0.1) is 30.9 Å². The van der Waals surface area contributed by atoms with Gasteiger partial charge in [0.25, 0.3) is 5.91 Å². The summed E-state index contributed by atoms with van der Waals surface area (Å²) < 4.78 is 4.92. The molecule has 0 radical (unpaired) electrons. The summed E-state index contributed by atoms with van der Waals surface area (Å²) in [5.41, 5.74) is 6.87. The molecule has 0 saturated carbocycles. The van der Waals surface area contributed by atoms with Gasteiger partial charge in [-0.25, -0.2) is 9.97 Å². The molecule has 6 nitrogen and oxygen atoms in total. The van der Waals surface area contributed by atoms with Gasteiger partial charge in [0, 0.05) is 6.07 Å². The number of hydrogen-bond donors (Lipinski definition) is 2. The lowest BCUT2D eigenvalue weighted by molar-refractivity contribution is 0.102. The van der Waals surface area contributed by atoms with Crippen molar-refractivity contribution in [2.24, 2.45) is 0 Å². The van der Waals surface area contributed by atoms with Crippen molar-refractivity contribution >= 4 is 17.3 Å². The van der Waals surface area contributed by atoms with Crippen molar-refractivity contribution in [3.05, 3.63) is 42.4 Å². The molecular weight excluding hydrogens is 232 g/mol. The summed E-state index contributed by atoms with van der Waals surface area (Å²) in [7, 11) is 1.53. The maximum absolute atomic E-state index is 11.8. The zero-order valence-electron chi connectivity index (χ0n) is 9.75. The highest BCUT2D eigenvalue weighted by atomic mass is 16.5. The molecule has 0 unspecified atom stereocenters. The Hall–Kier alpha value is -2.63. The minimum absolute atomic E-state index is 0.292. The van der Waals surface area contributed by atoms with Crippen LogP contribution in [0.25, 0.3) is 0 Å². The summed E-state index contributed by atoms with van der Waals surface area (Å²) in [5, 5.41) is 2.67. The van der Waals surface area contributed by atoms with Crippen LogP contribution in [0, 0.1) is 0 Å². The molecule has 0 fully saturated rings. The van der Waals surface area contributed by atoms with Gasteiger partial charge in [0.15, 0.2) is 0 Å². The number of aromatic nitrogens is 2. The summed E-state index contributed by atoms with van der Waals surface area (Å²) in [5.74, 6) is 0.167. The highest BCUT2D eigenvalue weighted by molar-refractivity contribution is 6.02. The maximum atomic E-state index is 11.8. The van der Waals surface area contributed by atoms with Crippen LogP contribution in [0.1, 0.15) is 10.5 Å². The number of nitrogens with two attached hydrogens (primary N) is 1. The van der Waals surface area contributed by atoms with Gasteiger partial charge < -0.3 is 15.8 Å². The number of rotatable bonds is 3. The molecule has 6 heteroatoms. The summed E-state index contributed by atoms with van der Waals surface area (Å²) in [6.45, 7) is 0. The van der Waals surface area contributed by atoms with E-state index in [0.29, 0.717) is 22.9 Å². The minimum Gasteiger partial charge on any atom is -0.481 e. The molecule has 3 N–H and O–H groups in total. The molecule has 0 spiro atoms. The number of pyridine rings is 2. The first kappa shape index (κ1) is 11.8. The molecule has 0 aromatic carbocycles. The number of nitrogen functional groups attached to an aromatic ring is 1. The van der Waals surface area contributed by atoms with E-state index in [1.54, 1.807) is 24.3 Å². The first-order valence-electron chi connectivity index (χ1n) is 5.22. The van der Waals surface area contributed by atoms with Crippen LogP contribution >= 0.6 is 0 Å². The molecule has 2 heterocycles. The first-order chi connectivity index (χ1) is 8.69. The summed E-state index contributed by atoms with van der Waals surface area (Å²) in [6.07, 6.45) is 2.94. The standard InChI is InChI=1S/C12H12N4O2/c1-18-11-5-3-9(7-15-11)16-12(17)10-4-2-8(13)6-14-10/h2-7H,13H2,1H3,(H,16,17). The number of hydrogen-bond acceptors (Lipinski definition) is 5. The van der Waals surface area contributed by atoms with Gasteiger partial charge in [0.1, 0.15) is 5.69 Å². The number of amides is 1. The molecule has 0 bridgehead atoms. The molecule has 2 aromatic rings. The minimum atomic E-state index is -0.318. The van der Waals surface area contributed by atoms with Gasteiger partial charge >= 0.3 is 0 Å². The largest absolute Gasteiger partial charge is 0.481 e. The summed E-state index contributed by atoms with van der Waals surface area (Å²) in [4.78, 5) is 19.7. The Morgan fingerprint density at radius 1 is 1.22 bits per heavy atom. The third-order valence-electron chi connectivity index (χ3n) is 2.22. The molecule has 2 rings (SSSR count). The summed E-state index contributed by atoms with van der Waals surface area (Å²) in [6, 6.07) is 6.53. The Morgan fingerprint density at radius 3 is 2.61 bits per heavy atom. The highest BCUT2D eigenvalue weighted by Crippen LogP contribution is 2.12. The van der Waals surface area contributed by atoms with Crippen LogP contribution < -0.4 is 15.8 Å². The Morgan fingerprint density at radius 2 is 2.06 bits per heavy atom. The topological polar surface area (TPSA) is 90.1 Å². The molecule has 0 aliphatic heterocycles. The Bertz CT molecular complexity index is 537. The second-order valence-electron chi connectivity index (χ2n) is 3.52. The second-order valence-corrected chi connectivity index (χ2v) is 3.52. The van der Waals surface area contributed by atoms with E-state index in [0.717, 1.165) is 0 Å². The van der Waals surface area contributed by atoms with E-state index in [4.69, 9.17) is 10.5 Å². The van der Waals surface area contributed by atoms with Crippen molar-refractivity contribution in [1.82, 2.24) is 9.97 Å². The molecule has 0 aliphatic rings. The fourth-order valence-corrected chi connectivity index (χ4v) is 1.31. The van der Waals surface area contributed by atoms with Crippen LogP contribution in [0.5, 0.6) is 5.88 Å². The second kappa shape index (κ2) is 5.13. The quantitative estimate of drug-likeness (QED) is 0.849. The molecule has 1 amide bonds. The first-order valence-corrected chi connectivity index (χ1v) is 5.22. The molecule has 92 valence electrons. The van der Waals surface area contributed by atoms with Gasteiger partial charge in [-0.05, 0) is 18.2 Å². The number of carbonyl (C=O) groups excluding carboxylic acids is 1. The van der Waals surface area contributed by atoms with E-state index >= 15 is 0 Å². The average Bonchev–Trinajstić information content (AvgIpc) is 2.40. The SMILES string of the molecule is COc1ccc(NC(=O)c2ccc(N)cn2)cn1. The number of carbonyl (C=O) groups is 1. The van der Waals surface area contributed by atoms with Crippen molar-refractivity contribution in [2.45, 2.75) is 0 Å². The van der Waals surface area contributed by atoms with Crippen LogP contribution in [-0.2, 0) is 0 Å². The predicted molar refractivity (Wildman–Crippen MR) is 67.4 cm³/mol. The molecule has 0 saturated heterocycles. The number of nitrogens with one attached hydrogen (secondary N) is 1. The fourth-order valence-electron chi connectivity index (χ4n) is 1.31. The molecule has 18 heavy (non-hydrogen) atoms. The Kier molecular flexibility index (Phi) is 3.38. The maximum Gasteiger partial charge on any atom is 0.274 e. The number of ether oxygens (including phenoxy) is 1. The highest BCUT2D eigenvalue weighted by Gasteiger charge is 2.07. The van der Waals surface area contributed by atoms with E-state index in [1.165, 1.54) is 19.5 Å². The van der Waals surface area contributed by atoms with Crippen LogP contribution in [0.3, 0.4) is 0 Å². The Balaban J connectivity index is 2.08. The zero-order valence-corrected chi connectivity index (χ0v) is 9.75. The van der Waals surface area contributed by atoms with Crippen molar-refractivity contribution < 1.29 is 9.53 Å². The van der Waals surface area contributed by atoms with E-state index in [2.05, 4.69) is 15.3 Å². The smallest absolute Gasteiger partial charge is 0.274 e. The van der Waals surface area contributed by atoms with Crippen molar-refractivity contribution in [3.8, 4) is 5.88 Å². The van der Waals surface area contributed by atoms with Gasteiger partial charge in [-0.2, -0.15) is 0 Å². The number of nitrogens with zero attached hydrogens (tertiary/aromatic N) is 2. The normalized spacial score (nSPS) is 9.83. The van der Waals surface area contributed by atoms with Gasteiger partial charge in [-0.15, -0.1) is 0 Å². The average molecular weight is 244 g/mol. The van der Waals surface area contributed by atoms with E-state index in [1.807, 2.05) is 0 Å². The van der Waals surface area contributed by atoms with E-state index in [-0.39, 0.29) is 5.91 Å². The third kappa shape index (κ3) is 2.73. The van der Waals surface area contributed by atoms with E-state index < -0.39 is 0 Å². The monoisotopic (exact) mass is 244 g/mol. The van der Waals surface area contributed by atoms with Gasteiger partial charge in [-0.3, -0.25) is 4.79 Å². The van der Waals surface area contributed by atoms with Crippen molar-refractivity contribution in [3.63, 3.8) is 0 Å². The van der Waals surface area contributed by atoms with E-state index in [9.17, 15) is 4.79 Å². The Labute approximate surface area is 104 Å². The predicted octanol–water partition coefficient (Wildman–Crippen LogP) is 1.32. The molecule has 0 atom stereocenters. The van der Waals surface area contributed by atoms with Crippen LogP contribution in [0.2, 0.25) is 0 Å². The molecule has 0 aliphatic carbocycles.